The average molecular weight is 354 g/mol. The number of halogens is 1. The molecule has 1 aromatic heterocycles. The number of fused-ring (bicyclic) bond motifs is 1. The van der Waals surface area contributed by atoms with Crippen molar-refractivity contribution in [1.29, 1.82) is 0 Å². The number of anilines is 3. The van der Waals surface area contributed by atoms with E-state index in [4.69, 9.17) is 11.6 Å². The van der Waals surface area contributed by atoms with Crippen molar-refractivity contribution in [3.05, 3.63) is 53.6 Å². The third kappa shape index (κ3) is 3.25. The molecule has 5 nitrogen and oxygen atoms in total. The maximum atomic E-state index is 5.96. The zero-order valence-corrected chi connectivity index (χ0v) is 14.8. The molecule has 2 heterocycles. The van der Waals surface area contributed by atoms with Gasteiger partial charge in [0.25, 0.3) is 0 Å². The molecule has 1 aliphatic heterocycles. The molecule has 3 aromatic rings. The first-order valence-electron chi connectivity index (χ1n) is 8.45. The zero-order valence-electron chi connectivity index (χ0n) is 14.0. The van der Waals surface area contributed by atoms with Gasteiger partial charge in [-0.3, -0.25) is 0 Å². The van der Waals surface area contributed by atoms with Crippen LogP contribution in [0.3, 0.4) is 0 Å². The van der Waals surface area contributed by atoms with E-state index in [-0.39, 0.29) is 0 Å². The van der Waals surface area contributed by atoms with Gasteiger partial charge in [0, 0.05) is 40.6 Å². The lowest BCUT2D eigenvalue weighted by molar-refractivity contribution is 0.616. The molecular formula is C19H20ClN5. The maximum absolute atomic E-state index is 5.96. The van der Waals surface area contributed by atoms with Crippen LogP contribution in [0.4, 0.5) is 17.3 Å². The van der Waals surface area contributed by atoms with Gasteiger partial charge in [0.15, 0.2) is 11.6 Å². The smallest absolute Gasteiger partial charge is 0.161 e. The summed E-state index contributed by atoms with van der Waals surface area (Å²) in [5.74, 6) is 1.71. The quantitative estimate of drug-likeness (QED) is 0.746. The first kappa shape index (κ1) is 16.1. The maximum Gasteiger partial charge on any atom is 0.161 e. The van der Waals surface area contributed by atoms with Crippen molar-refractivity contribution in [2.75, 3.05) is 30.4 Å². The molecule has 1 saturated heterocycles. The molecule has 0 saturated carbocycles. The summed E-state index contributed by atoms with van der Waals surface area (Å²) >= 11 is 5.96. The van der Waals surface area contributed by atoms with Gasteiger partial charge in [-0.2, -0.15) is 0 Å². The first-order chi connectivity index (χ1) is 12.2. The van der Waals surface area contributed by atoms with Gasteiger partial charge in [0.2, 0.25) is 0 Å². The molecule has 4 rings (SSSR count). The van der Waals surface area contributed by atoms with Crippen LogP contribution < -0.4 is 15.5 Å². The Bertz CT molecular complexity index is 881. The highest BCUT2D eigenvalue weighted by Crippen LogP contribution is 2.31. The minimum absolute atomic E-state index is 0.507. The highest BCUT2D eigenvalue weighted by molar-refractivity contribution is 6.30. The number of hydrogen-bond donors (Lipinski definition) is 2. The van der Waals surface area contributed by atoms with Crippen molar-refractivity contribution >= 4 is 39.7 Å². The Morgan fingerprint density at radius 2 is 1.80 bits per heavy atom. The predicted octanol–water partition coefficient (Wildman–Crippen LogP) is 3.82. The van der Waals surface area contributed by atoms with Crippen LogP contribution in [-0.4, -0.2) is 36.4 Å². The summed E-state index contributed by atoms with van der Waals surface area (Å²) in [6, 6.07) is 16.4. The monoisotopic (exact) mass is 353 g/mol. The van der Waals surface area contributed by atoms with Crippen LogP contribution in [0.25, 0.3) is 10.8 Å². The molecule has 6 heteroatoms. The lowest BCUT2D eigenvalue weighted by atomic mass is 10.1. The van der Waals surface area contributed by atoms with E-state index in [0.29, 0.717) is 11.1 Å². The molecule has 128 valence electrons. The molecule has 1 unspecified atom stereocenters. The van der Waals surface area contributed by atoms with Crippen LogP contribution in [0.5, 0.6) is 0 Å². The molecule has 0 amide bonds. The summed E-state index contributed by atoms with van der Waals surface area (Å²) in [4.78, 5) is 2.31. The number of aromatic nitrogens is 2. The average Bonchev–Trinajstić information content (AvgIpc) is 3.13. The third-order valence-electron chi connectivity index (χ3n) is 4.67. The van der Waals surface area contributed by atoms with E-state index in [2.05, 4.69) is 37.9 Å². The lowest BCUT2D eigenvalue weighted by Crippen LogP contribution is -2.30. The Morgan fingerprint density at radius 1 is 1.04 bits per heavy atom. The van der Waals surface area contributed by atoms with E-state index in [1.807, 2.05) is 43.4 Å². The van der Waals surface area contributed by atoms with Crippen molar-refractivity contribution in [1.82, 2.24) is 15.5 Å². The van der Waals surface area contributed by atoms with E-state index >= 15 is 0 Å². The molecule has 2 N–H and O–H groups in total. The minimum Gasteiger partial charge on any atom is -0.353 e. The van der Waals surface area contributed by atoms with Crippen LogP contribution in [0.2, 0.25) is 5.02 Å². The highest BCUT2D eigenvalue weighted by Gasteiger charge is 2.24. The molecule has 0 radical (unpaired) electrons. The van der Waals surface area contributed by atoms with Crippen LogP contribution in [0.15, 0.2) is 48.5 Å². The van der Waals surface area contributed by atoms with Crippen LogP contribution in [-0.2, 0) is 0 Å². The van der Waals surface area contributed by atoms with E-state index < -0.39 is 0 Å². The fourth-order valence-corrected chi connectivity index (χ4v) is 3.40. The summed E-state index contributed by atoms with van der Waals surface area (Å²) in [6.45, 7) is 1.95. The van der Waals surface area contributed by atoms with Crippen LogP contribution in [0.1, 0.15) is 6.42 Å². The molecule has 1 fully saturated rings. The molecule has 25 heavy (non-hydrogen) atoms. The normalized spacial score (nSPS) is 17.2. The molecule has 2 aromatic carbocycles. The fraction of sp³-hybridized carbons (Fsp3) is 0.263. The molecule has 0 spiro atoms. The number of hydrogen-bond acceptors (Lipinski definition) is 5. The van der Waals surface area contributed by atoms with Gasteiger partial charge in [-0.15, -0.1) is 10.2 Å². The Balaban J connectivity index is 1.70. The molecule has 0 aliphatic carbocycles. The van der Waals surface area contributed by atoms with Crippen LogP contribution >= 0.6 is 11.6 Å². The first-order valence-corrected chi connectivity index (χ1v) is 8.82. The highest BCUT2D eigenvalue weighted by atomic mass is 35.5. The minimum atomic E-state index is 0.507. The van der Waals surface area contributed by atoms with Gasteiger partial charge in [-0.1, -0.05) is 35.9 Å². The summed E-state index contributed by atoms with van der Waals surface area (Å²) in [5.41, 5.74) is 0.938. The van der Waals surface area contributed by atoms with Crippen molar-refractivity contribution in [2.45, 2.75) is 12.5 Å². The zero-order chi connectivity index (χ0) is 17.2. The second kappa shape index (κ2) is 6.86. The fourth-order valence-electron chi connectivity index (χ4n) is 3.27. The Labute approximate surface area is 152 Å². The molecule has 1 aliphatic rings. The molecular weight excluding hydrogens is 334 g/mol. The second-order valence-corrected chi connectivity index (χ2v) is 6.71. The van der Waals surface area contributed by atoms with Crippen molar-refractivity contribution < 1.29 is 0 Å². The topological polar surface area (TPSA) is 53.1 Å². The largest absolute Gasteiger partial charge is 0.353 e. The summed E-state index contributed by atoms with van der Waals surface area (Å²) in [7, 11) is 2.01. The van der Waals surface area contributed by atoms with E-state index in [9.17, 15) is 0 Å². The van der Waals surface area contributed by atoms with Crippen molar-refractivity contribution in [2.24, 2.45) is 0 Å². The lowest BCUT2D eigenvalue weighted by Gasteiger charge is -2.20. The van der Waals surface area contributed by atoms with Crippen molar-refractivity contribution in [3.8, 4) is 0 Å². The number of nitrogens with one attached hydrogen (secondary N) is 2. The summed E-state index contributed by atoms with van der Waals surface area (Å²) in [6.07, 6.45) is 1.12. The Kier molecular flexibility index (Phi) is 4.42. The van der Waals surface area contributed by atoms with E-state index in [0.717, 1.165) is 47.6 Å². The van der Waals surface area contributed by atoms with Crippen molar-refractivity contribution in [3.63, 3.8) is 0 Å². The molecule has 0 bridgehead atoms. The van der Waals surface area contributed by atoms with E-state index in [1.165, 1.54) is 0 Å². The summed E-state index contributed by atoms with van der Waals surface area (Å²) < 4.78 is 0. The third-order valence-corrected chi connectivity index (χ3v) is 4.92. The van der Waals surface area contributed by atoms with Gasteiger partial charge < -0.3 is 15.5 Å². The number of rotatable bonds is 4. The SMILES string of the molecule is CNC1CCN(c2nnc(Nc3ccc(Cl)cc3)c3ccccc23)C1. The van der Waals surface area contributed by atoms with E-state index in [1.54, 1.807) is 0 Å². The summed E-state index contributed by atoms with van der Waals surface area (Å²) in [5, 5.41) is 18.6. The number of likely N-dealkylation sites (N-methyl/N-ethyl adjacent to an activating group) is 1. The Morgan fingerprint density at radius 3 is 2.52 bits per heavy atom. The van der Waals surface area contributed by atoms with Gasteiger partial charge in [-0.05, 0) is 37.7 Å². The van der Waals surface area contributed by atoms with Gasteiger partial charge in [0.05, 0.1) is 0 Å². The Hall–Kier alpha value is -2.37. The van der Waals surface area contributed by atoms with Gasteiger partial charge >= 0.3 is 0 Å². The van der Waals surface area contributed by atoms with Gasteiger partial charge in [-0.25, -0.2) is 0 Å². The van der Waals surface area contributed by atoms with Crippen LogP contribution in [0, 0.1) is 0 Å². The number of nitrogens with zero attached hydrogens (tertiary/aromatic N) is 3. The predicted molar refractivity (Wildman–Crippen MR) is 104 cm³/mol. The second-order valence-electron chi connectivity index (χ2n) is 6.27. The van der Waals surface area contributed by atoms with Gasteiger partial charge in [0.1, 0.15) is 0 Å². The molecule has 1 atom stereocenters. The number of benzene rings is 2. The standard InChI is InChI=1S/C19H20ClN5/c1-21-15-10-11-25(12-15)19-17-5-3-2-4-16(17)18(23-24-19)22-14-8-6-13(20)7-9-14/h2-9,15,21H,10-12H2,1H3,(H,22,23).